The minimum atomic E-state index is -0.475. The van der Waals surface area contributed by atoms with Gasteiger partial charge >= 0.3 is 0 Å². The number of aliphatic hydroxyl groups excluding tert-OH is 1. The van der Waals surface area contributed by atoms with Crippen molar-refractivity contribution in [3.8, 4) is 5.75 Å². The number of rotatable bonds is 9. The summed E-state index contributed by atoms with van der Waals surface area (Å²) < 4.78 is 5.93. The zero-order valence-electron chi connectivity index (χ0n) is 17.6. The van der Waals surface area contributed by atoms with E-state index in [4.69, 9.17) is 4.74 Å². The number of aliphatic hydroxyl groups is 1. The molecule has 2 atom stereocenters. The smallest absolute Gasteiger partial charge is 0.137 e. The third-order valence-corrected chi connectivity index (χ3v) is 4.90. The van der Waals surface area contributed by atoms with Gasteiger partial charge in [0, 0.05) is 5.56 Å². The van der Waals surface area contributed by atoms with Gasteiger partial charge in [-0.15, -0.1) is 0 Å². The number of aryl methyl sites for hydroxylation is 1. The van der Waals surface area contributed by atoms with Gasteiger partial charge in [-0.1, -0.05) is 70.2 Å². The summed E-state index contributed by atoms with van der Waals surface area (Å²) in [5.74, 6) is 0.863. The Morgan fingerprint density at radius 3 is 2.37 bits per heavy atom. The van der Waals surface area contributed by atoms with Crippen molar-refractivity contribution in [1.29, 1.82) is 0 Å². The van der Waals surface area contributed by atoms with E-state index in [0.29, 0.717) is 13.2 Å². The normalized spacial score (nSPS) is 14.0. The van der Waals surface area contributed by atoms with Gasteiger partial charge in [0.05, 0.1) is 6.54 Å². The monoisotopic (exact) mass is 370 g/mol. The Labute approximate surface area is 165 Å². The van der Waals surface area contributed by atoms with Crippen LogP contribution in [0.3, 0.4) is 0 Å². The van der Waals surface area contributed by atoms with Crippen LogP contribution in [-0.2, 0) is 12.0 Å². The van der Waals surface area contributed by atoms with E-state index in [1.807, 2.05) is 12.1 Å². The van der Waals surface area contributed by atoms with Crippen LogP contribution < -0.4 is 9.64 Å². The van der Waals surface area contributed by atoms with Crippen molar-refractivity contribution in [2.75, 3.05) is 19.7 Å². The fraction of sp³-hybridized carbons (Fsp3) is 0.500. The van der Waals surface area contributed by atoms with Gasteiger partial charge in [0.2, 0.25) is 0 Å². The van der Waals surface area contributed by atoms with E-state index in [2.05, 4.69) is 71.0 Å². The van der Waals surface area contributed by atoms with E-state index < -0.39 is 6.10 Å². The molecule has 0 saturated heterocycles. The molecule has 0 aromatic heterocycles. The van der Waals surface area contributed by atoms with Crippen LogP contribution in [0.4, 0.5) is 0 Å². The first-order chi connectivity index (χ1) is 12.8. The average molecular weight is 371 g/mol. The van der Waals surface area contributed by atoms with Crippen LogP contribution in [0.2, 0.25) is 0 Å². The Balaban J connectivity index is 1.91. The molecule has 0 aliphatic carbocycles. The number of hydrogen-bond acceptors (Lipinski definition) is 2. The van der Waals surface area contributed by atoms with E-state index in [0.717, 1.165) is 30.8 Å². The molecule has 0 amide bonds. The van der Waals surface area contributed by atoms with Gasteiger partial charge in [0.25, 0.3) is 0 Å². The van der Waals surface area contributed by atoms with Gasteiger partial charge in [-0.25, -0.2) is 0 Å². The van der Waals surface area contributed by atoms with Gasteiger partial charge in [-0.3, -0.25) is 0 Å². The van der Waals surface area contributed by atoms with Crippen molar-refractivity contribution >= 4 is 0 Å². The van der Waals surface area contributed by atoms with Crippen molar-refractivity contribution < 1.29 is 14.7 Å². The average Bonchev–Trinajstić information content (AvgIpc) is 2.61. The summed E-state index contributed by atoms with van der Waals surface area (Å²) >= 11 is 0. The minimum absolute atomic E-state index is 0.129. The lowest BCUT2D eigenvalue weighted by molar-refractivity contribution is -0.917. The molecule has 0 aliphatic rings. The zero-order chi connectivity index (χ0) is 19.9. The third-order valence-electron chi connectivity index (χ3n) is 4.90. The number of quaternary nitrogens is 1. The second-order valence-corrected chi connectivity index (χ2v) is 8.56. The van der Waals surface area contributed by atoms with Crippen molar-refractivity contribution in [2.24, 2.45) is 0 Å². The van der Waals surface area contributed by atoms with Crippen LogP contribution in [0.5, 0.6) is 5.75 Å². The van der Waals surface area contributed by atoms with E-state index in [9.17, 15) is 5.11 Å². The molecular weight excluding hydrogens is 334 g/mol. The molecule has 0 fully saturated rings. The van der Waals surface area contributed by atoms with Gasteiger partial charge in [0.1, 0.15) is 31.5 Å². The van der Waals surface area contributed by atoms with E-state index in [1.165, 1.54) is 16.0 Å². The molecule has 0 aliphatic heterocycles. The lowest BCUT2D eigenvalue weighted by Crippen LogP contribution is -3.12. The SMILES string of the molecule is CCC[NH+](Cc1ccccc1)C[C@H](O)COc1ccc(C(C)(C)C)cc1C. The van der Waals surface area contributed by atoms with E-state index in [-0.39, 0.29) is 5.41 Å². The second kappa shape index (κ2) is 9.91. The van der Waals surface area contributed by atoms with Crippen LogP contribution >= 0.6 is 0 Å². The molecule has 2 aromatic carbocycles. The fourth-order valence-corrected chi connectivity index (χ4v) is 3.36. The molecule has 0 spiro atoms. The van der Waals surface area contributed by atoms with Crippen LogP contribution in [-0.4, -0.2) is 30.9 Å². The molecule has 2 N–H and O–H groups in total. The van der Waals surface area contributed by atoms with E-state index in [1.54, 1.807) is 0 Å². The molecule has 0 radical (unpaired) electrons. The van der Waals surface area contributed by atoms with Crippen LogP contribution in [0.15, 0.2) is 48.5 Å². The Morgan fingerprint density at radius 2 is 1.78 bits per heavy atom. The Morgan fingerprint density at radius 1 is 1.07 bits per heavy atom. The first-order valence-electron chi connectivity index (χ1n) is 10.1. The topological polar surface area (TPSA) is 33.9 Å². The van der Waals surface area contributed by atoms with Crippen LogP contribution in [0, 0.1) is 6.92 Å². The molecule has 27 heavy (non-hydrogen) atoms. The highest BCUT2D eigenvalue weighted by atomic mass is 16.5. The summed E-state index contributed by atoms with van der Waals surface area (Å²) in [6.45, 7) is 13.9. The number of nitrogens with one attached hydrogen (secondary N) is 1. The molecule has 0 saturated carbocycles. The maximum Gasteiger partial charge on any atom is 0.137 e. The van der Waals surface area contributed by atoms with Crippen molar-refractivity contribution in [3.05, 3.63) is 65.2 Å². The summed E-state index contributed by atoms with van der Waals surface area (Å²) in [6.07, 6.45) is 0.625. The number of hydrogen-bond donors (Lipinski definition) is 2. The quantitative estimate of drug-likeness (QED) is 0.708. The van der Waals surface area contributed by atoms with Gasteiger partial charge in [-0.05, 0) is 36.0 Å². The minimum Gasteiger partial charge on any atom is -0.490 e. The van der Waals surface area contributed by atoms with Crippen LogP contribution in [0.1, 0.15) is 50.8 Å². The molecule has 148 valence electrons. The molecule has 3 nitrogen and oxygen atoms in total. The summed E-state index contributed by atoms with van der Waals surface area (Å²) in [7, 11) is 0. The predicted molar refractivity (Wildman–Crippen MR) is 113 cm³/mol. The second-order valence-electron chi connectivity index (χ2n) is 8.56. The highest BCUT2D eigenvalue weighted by molar-refractivity contribution is 5.38. The Hall–Kier alpha value is -1.84. The first kappa shape index (κ1) is 21.5. The Kier molecular flexibility index (Phi) is 7.88. The number of benzene rings is 2. The largest absolute Gasteiger partial charge is 0.490 e. The molecular formula is C24H36NO2+. The molecule has 3 heteroatoms. The predicted octanol–water partition coefficient (Wildman–Crippen LogP) is 3.53. The summed E-state index contributed by atoms with van der Waals surface area (Å²) in [5, 5.41) is 10.5. The van der Waals surface area contributed by atoms with Gasteiger partial charge < -0.3 is 14.7 Å². The Bertz CT molecular complexity index is 691. The maximum atomic E-state index is 10.5. The summed E-state index contributed by atoms with van der Waals surface area (Å²) in [4.78, 5) is 1.39. The molecule has 2 aromatic rings. The van der Waals surface area contributed by atoms with E-state index >= 15 is 0 Å². The lowest BCUT2D eigenvalue weighted by Gasteiger charge is -2.23. The van der Waals surface area contributed by atoms with Crippen molar-refractivity contribution in [3.63, 3.8) is 0 Å². The van der Waals surface area contributed by atoms with Crippen molar-refractivity contribution in [2.45, 2.75) is 59.1 Å². The molecule has 2 rings (SSSR count). The highest BCUT2D eigenvalue weighted by Crippen LogP contribution is 2.27. The first-order valence-corrected chi connectivity index (χ1v) is 10.1. The standard InChI is InChI=1S/C24H35NO2/c1-6-14-25(16-20-10-8-7-9-11-20)17-22(26)18-27-23-13-12-21(15-19(23)2)24(3,4)5/h7-13,15,22,26H,6,14,16-18H2,1-5H3/p+1/t22-/m0/s1. The molecule has 0 heterocycles. The molecule has 0 bridgehead atoms. The van der Waals surface area contributed by atoms with Gasteiger partial charge in [0.15, 0.2) is 0 Å². The fourth-order valence-electron chi connectivity index (χ4n) is 3.36. The number of ether oxygens (including phenoxy) is 1. The summed E-state index contributed by atoms with van der Waals surface area (Å²) in [6, 6.07) is 16.8. The van der Waals surface area contributed by atoms with Crippen LogP contribution in [0.25, 0.3) is 0 Å². The lowest BCUT2D eigenvalue weighted by atomic mass is 9.86. The zero-order valence-corrected chi connectivity index (χ0v) is 17.6. The summed E-state index contributed by atoms with van der Waals surface area (Å²) in [5.41, 5.74) is 3.86. The maximum absolute atomic E-state index is 10.5. The molecule has 1 unspecified atom stereocenters. The highest BCUT2D eigenvalue weighted by Gasteiger charge is 2.18. The van der Waals surface area contributed by atoms with Gasteiger partial charge in [-0.2, -0.15) is 0 Å². The third kappa shape index (κ3) is 7.00. The van der Waals surface area contributed by atoms with Crippen molar-refractivity contribution in [1.82, 2.24) is 0 Å².